The van der Waals surface area contributed by atoms with Gasteiger partial charge in [0.1, 0.15) is 11.4 Å². The second kappa shape index (κ2) is 6.29. The zero-order valence-electron chi connectivity index (χ0n) is 17.9. The van der Waals surface area contributed by atoms with Crippen molar-refractivity contribution in [2.75, 3.05) is 4.90 Å². The normalized spacial score (nSPS) is 25.7. The quantitative estimate of drug-likeness (QED) is 0.745. The Balaban J connectivity index is 2.26. The molecule has 4 nitrogen and oxygen atoms in total. The van der Waals surface area contributed by atoms with E-state index in [0.29, 0.717) is 17.0 Å². The van der Waals surface area contributed by atoms with E-state index in [0.717, 1.165) is 0 Å². The molecule has 144 valence electrons. The molecule has 1 fully saturated rings. The second-order valence-corrected chi connectivity index (χ2v) is 9.00. The first-order valence-corrected chi connectivity index (χ1v) is 9.24. The van der Waals surface area contributed by atoms with E-state index in [2.05, 4.69) is 0 Å². The third kappa shape index (κ3) is 3.18. The SMILES string of the molecule is [2H]C1(c2ccccc2)N(c2ccccc2OC(C)(C)C)C1(C(=O)O)C(C)(C)C. The van der Waals surface area contributed by atoms with Crippen LogP contribution in [0, 0.1) is 5.41 Å². The number of carboxylic acid groups (broad SMARTS) is 1. The van der Waals surface area contributed by atoms with Crippen molar-refractivity contribution < 1.29 is 16.0 Å². The van der Waals surface area contributed by atoms with Crippen LogP contribution in [0.4, 0.5) is 5.69 Å². The summed E-state index contributed by atoms with van der Waals surface area (Å²) in [5.74, 6) is -0.431. The van der Waals surface area contributed by atoms with Crippen molar-refractivity contribution in [1.29, 1.82) is 0 Å². The minimum absolute atomic E-state index is 0.447. The van der Waals surface area contributed by atoms with E-state index in [9.17, 15) is 11.3 Å². The molecule has 1 saturated heterocycles. The Bertz CT molecular complexity index is 885. The summed E-state index contributed by atoms with van der Waals surface area (Å²) >= 11 is 0. The highest BCUT2D eigenvalue weighted by Gasteiger charge is 2.74. The van der Waals surface area contributed by atoms with Crippen LogP contribution in [-0.4, -0.2) is 22.2 Å². The van der Waals surface area contributed by atoms with E-state index in [-0.39, 0.29) is 0 Å². The number of benzene rings is 2. The van der Waals surface area contributed by atoms with Crippen LogP contribution in [0.15, 0.2) is 54.6 Å². The Kier molecular flexibility index (Phi) is 4.17. The average molecular weight is 368 g/mol. The number of ether oxygens (including phenoxy) is 1. The fourth-order valence-corrected chi connectivity index (χ4v) is 3.75. The number of rotatable bonds is 4. The molecule has 4 heteroatoms. The van der Waals surface area contributed by atoms with Gasteiger partial charge in [-0.2, -0.15) is 0 Å². The predicted octanol–water partition coefficient (Wildman–Crippen LogP) is 5.29. The number of anilines is 1. The van der Waals surface area contributed by atoms with Gasteiger partial charge in [0, 0.05) is 0 Å². The van der Waals surface area contributed by atoms with Crippen molar-refractivity contribution >= 4 is 11.7 Å². The number of nitrogens with zero attached hydrogens (tertiary/aromatic N) is 1. The van der Waals surface area contributed by atoms with Crippen molar-refractivity contribution in [3.63, 3.8) is 0 Å². The summed E-state index contributed by atoms with van der Waals surface area (Å²) in [4.78, 5) is 14.4. The third-order valence-corrected chi connectivity index (χ3v) is 4.82. The van der Waals surface area contributed by atoms with Gasteiger partial charge in [-0.1, -0.05) is 63.2 Å². The Morgan fingerprint density at radius 2 is 1.59 bits per heavy atom. The largest absolute Gasteiger partial charge is 0.486 e. The molecule has 2 atom stereocenters. The van der Waals surface area contributed by atoms with Crippen LogP contribution in [-0.2, 0) is 4.79 Å². The molecule has 27 heavy (non-hydrogen) atoms. The van der Waals surface area contributed by atoms with Gasteiger partial charge in [-0.05, 0) is 43.9 Å². The number of hydrogen-bond acceptors (Lipinski definition) is 3. The van der Waals surface area contributed by atoms with Crippen molar-refractivity contribution in [2.24, 2.45) is 5.41 Å². The summed E-state index contributed by atoms with van der Waals surface area (Å²) in [5, 5.41) is 10.4. The van der Waals surface area contributed by atoms with Gasteiger partial charge >= 0.3 is 5.97 Å². The Morgan fingerprint density at radius 3 is 2.11 bits per heavy atom. The number of carboxylic acids is 1. The number of aliphatic carboxylic acids is 1. The summed E-state index contributed by atoms with van der Waals surface area (Å²) in [6.07, 6.45) is 0. The summed E-state index contributed by atoms with van der Waals surface area (Å²) in [5.41, 5.74) is -1.31. The van der Waals surface area contributed by atoms with Gasteiger partial charge in [-0.3, -0.25) is 0 Å². The van der Waals surface area contributed by atoms with Gasteiger partial charge < -0.3 is 14.7 Å². The van der Waals surface area contributed by atoms with Crippen LogP contribution < -0.4 is 9.64 Å². The molecule has 2 aromatic carbocycles. The van der Waals surface area contributed by atoms with Gasteiger partial charge in [-0.15, -0.1) is 0 Å². The molecule has 0 saturated carbocycles. The fourth-order valence-electron chi connectivity index (χ4n) is 3.75. The highest BCUT2D eigenvalue weighted by atomic mass is 16.5. The zero-order valence-corrected chi connectivity index (χ0v) is 16.9. The van der Waals surface area contributed by atoms with E-state index in [1.807, 2.05) is 96.1 Å². The summed E-state index contributed by atoms with van der Waals surface area (Å²) in [7, 11) is 0. The van der Waals surface area contributed by atoms with Crippen LogP contribution in [0.25, 0.3) is 0 Å². The van der Waals surface area contributed by atoms with E-state index < -0.39 is 28.5 Å². The lowest BCUT2D eigenvalue weighted by Gasteiger charge is -2.29. The second-order valence-electron chi connectivity index (χ2n) is 9.00. The molecule has 0 bridgehead atoms. The first kappa shape index (κ1) is 17.9. The highest BCUT2D eigenvalue weighted by molar-refractivity contribution is 5.95. The molecular formula is C23H29NO3. The molecule has 2 unspecified atom stereocenters. The summed E-state index contributed by atoms with van der Waals surface area (Å²) in [6.45, 7) is 11.5. The Morgan fingerprint density at radius 1 is 1.04 bits per heavy atom. The van der Waals surface area contributed by atoms with E-state index in [1.165, 1.54) is 0 Å². The first-order chi connectivity index (χ1) is 12.9. The predicted molar refractivity (Wildman–Crippen MR) is 108 cm³/mol. The van der Waals surface area contributed by atoms with Gasteiger partial charge in [0.15, 0.2) is 5.54 Å². The average Bonchev–Trinajstić information content (AvgIpc) is 3.18. The van der Waals surface area contributed by atoms with E-state index in [4.69, 9.17) is 4.74 Å². The van der Waals surface area contributed by atoms with Gasteiger partial charge in [0.05, 0.1) is 13.1 Å². The molecule has 0 spiro atoms. The first-order valence-electron chi connectivity index (χ1n) is 9.74. The van der Waals surface area contributed by atoms with Crippen molar-refractivity contribution in [1.82, 2.24) is 0 Å². The topological polar surface area (TPSA) is 49.5 Å². The van der Waals surface area contributed by atoms with Crippen LogP contribution in [0.2, 0.25) is 0 Å². The van der Waals surface area contributed by atoms with Gasteiger partial charge in [-0.25, -0.2) is 4.79 Å². The van der Waals surface area contributed by atoms with Crippen LogP contribution in [0.1, 0.15) is 54.5 Å². The zero-order chi connectivity index (χ0) is 21.0. The molecule has 1 N–H and O–H groups in total. The maximum Gasteiger partial charge on any atom is 0.332 e. The molecule has 1 aliphatic rings. The maximum atomic E-state index is 12.7. The number of para-hydroxylation sites is 2. The lowest BCUT2D eigenvalue weighted by atomic mass is 9.76. The van der Waals surface area contributed by atoms with Crippen molar-refractivity contribution in [3.8, 4) is 5.75 Å². The lowest BCUT2D eigenvalue weighted by Crippen LogP contribution is -2.42. The third-order valence-electron chi connectivity index (χ3n) is 4.82. The monoisotopic (exact) mass is 368 g/mol. The molecular weight excluding hydrogens is 338 g/mol. The molecule has 3 rings (SSSR count). The minimum Gasteiger partial charge on any atom is -0.486 e. The van der Waals surface area contributed by atoms with E-state index in [1.54, 1.807) is 4.90 Å². The number of hydrogen-bond donors (Lipinski definition) is 1. The Labute approximate surface area is 163 Å². The fraction of sp³-hybridized carbons (Fsp3) is 0.435. The van der Waals surface area contributed by atoms with Gasteiger partial charge in [0.25, 0.3) is 0 Å². The minimum atomic E-state index is -1.45. The molecule has 0 aromatic heterocycles. The molecule has 0 amide bonds. The summed E-state index contributed by atoms with van der Waals surface area (Å²) < 4.78 is 15.5. The van der Waals surface area contributed by atoms with Crippen LogP contribution >= 0.6 is 0 Å². The van der Waals surface area contributed by atoms with Crippen LogP contribution in [0.3, 0.4) is 0 Å². The molecule has 2 aromatic rings. The van der Waals surface area contributed by atoms with E-state index >= 15 is 0 Å². The standard InChI is InChI=1S/C23H29NO3/c1-21(2,3)23(20(25)26)19(16-12-8-7-9-13-16)24(23)17-14-10-11-15-18(17)27-22(4,5)6/h7-15,19H,1-6H3,(H,25,26)/i19D. The van der Waals surface area contributed by atoms with Crippen molar-refractivity contribution in [3.05, 3.63) is 60.2 Å². The molecule has 0 radical (unpaired) electrons. The summed E-state index contributed by atoms with van der Waals surface area (Å²) in [6, 6.07) is 15.1. The van der Waals surface area contributed by atoms with Crippen LogP contribution in [0.5, 0.6) is 5.75 Å². The lowest BCUT2D eigenvalue weighted by molar-refractivity contribution is -0.142. The molecule has 1 heterocycles. The number of carbonyl (C=O) groups is 1. The maximum absolute atomic E-state index is 12.7. The van der Waals surface area contributed by atoms with Crippen molar-refractivity contribution in [2.45, 2.75) is 58.7 Å². The Hall–Kier alpha value is -2.49. The molecule has 1 aliphatic heterocycles. The highest BCUT2D eigenvalue weighted by Crippen LogP contribution is 2.65. The molecule has 0 aliphatic carbocycles. The van der Waals surface area contributed by atoms with Gasteiger partial charge in [0.2, 0.25) is 0 Å². The smallest absolute Gasteiger partial charge is 0.332 e.